The standard InChI is InChI=1S/C19H35O6P.C19H35O5P.C16H29O6P.C16H29O5P.C14H25O5P.3O3S/c1-16(2)25-19(23)12-6-9-15-26(13-7-4-10-17(20)21)14-8-5-11-18(22)24-3;1-16(2)24-19(23)12-6-9-15-25(13-7-4-10-17(3)20)14-8-5-11-18(21)22;1-13(2)22-16(20)9-6-12-23(10-4-7-14(17)18)11-5-8-15(19)21-3;1-13(2)21-16(20)9-6-12-22(10-4-7-14(3)17)11-5-8-15(18)19;1-4-12(15)5-8-20(9-6-13(16)17)10-7-14(18)19-11(2)3;3*1-4(2)3/h16H,4-15H2,1-3H3,(H,20,21);16H,4-15H2,1-3H3,(H,21,22);13H,4-12H2,1-3H3,(H,17,18);13H,4-12H2,1-3H3,(H,18,19);11H,4-10H2,1-3H3,(H,16,17);;;. The first-order valence-electron chi connectivity index (χ1n) is 43.5. The monoisotopic (exact) mass is 1990 g/mol. The maximum atomic E-state index is 11.6. The van der Waals surface area contributed by atoms with Crippen molar-refractivity contribution in [1.82, 2.24) is 0 Å². The van der Waals surface area contributed by atoms with E-state index in [4.69, 9.17) is 87.1 Å². The van der Waals surface area contributed by atoms with Crippen LogP contribution in [0.15, 0.2) is 0 Å². The topological polar surface area (TPSA) is 575 Å². The molecule has 0 fully saturated rings. The Bertz CT molecular complexity index is 3270. The fourth-order valence-corrected chi connectivity index (χ4v) is 23.6. The Hall–Kier alpha value is -6.34. The van der Waals surface area contributed by atoms with Gasteiger partial charge in [-0.3, -0.25) is 62.3 Å². The fourth-order valence-electron chi connectivity index (χ4n) is 11.0. The van der Waals surface area contributed by atoms with Crippen LogP contribution < -0.4 is 0 Å². The summed E-state index contributed by atoms with van der Waals surface area (Å²) in [7, 11) is -8.10. The Morgan fingerprint density at radius 1 is 0.227 bits per heavy atom. The molecule has 0 aliphatic heterocycles. The molecule has 0 saturated carbocycles. The highest BCUT2D eigenvalue weighted by molar-refractivity contribution is 7.60. The molecule has 5 unspecified atom stereocenters. The molecule has 0 radical (unpaired) electrons. The average molecular weight is 1990 g/mol. The zero-order valence-electron chi connectivity index (χ0n) is 78.4. The lowest BCUT2D eigenvalue weighted by molar-refractivity contribution is -0.148. The zero-order chi connectivity index (χ0) is 99.8. The molecule has 0 aromatic rings. The van der Waals surface area contributed by atoms with Crippen molar-refractivity contribution in [1.29, 1.82) is 0 Å². The SMILES string of the molecule is CC(=O)CCCCP(CCCCC(=O)O)CCCCC(=O)OC(C)C.CC(=O)CCCP(CCCC(=O)O)CCCC(=O)OC(C)C.CCC(=O)CCP(CCC(=O)O)CCC(=O)OC(C)C.COC(=O)CCCCP(CCCCC(=O)O)CCCCC(=O)OC(C)C.COC(=O)CCCP(CCCC(=O)O)CCCC(=O)OC(C)C.O=S(=O)=O.O=S(=O)=O.O=S(=O)=O. The van der Waals surface area contributed by atoms with Crippen LogP contribution in [0.25, 0.3) is 0 Å². The van der Waals surface area contributed by atoms with Gasteiger partial charge in [0.15, 0.2) is 0 Å². The second-order valence-electron chi connectivity index (χ2n) is 30.5. The van der Waals surface area contributed by atoms with E-state index in [-0.39, 0.29) is 153 Å². The lowest BCUT2D eigenvalue weighted by atomic mass is 10.2. The second kappa shape index (κ2) is 96.7. The highest BCUT2D eigenvalue weighted by Crippen LogP contribution is 2.43. The molecule has 0 aromatic heterocycles. The van der Waals surface area contributed by atoms with Crippen LogP contribution in [0.4, 0.5) is 0 Å². The van der Waals surface area contributed by atoms with Crippen molar-refractivity contribution in [3.8, 4) is 0 Å². The van der Waals surface area contributed by atoms with E-state index in [0.29, 0.717) is 102 Å². The summed E-state index contributed by atoms with van der Waals surface area (Å²) in [5.41, 5.74) is 0. The number of hydrogen-bond acceptors (Lipinski definition) is 31. The van der Waals surface area contributed by atoms with Gasteiger partial charge in [-0.05, 0) is 291 Å². The summed E-state index contributed by atoms with van der Waals surface area (Å²) in [5, 5.41) is 43.6. The van der Waals surface area contributed by atoms with Crippen LogP contribution in [0, 0.1) is 0 Å². The van der Waals surface area contributed by atoms with E-state index in [1.807, 2.05) is 62.3 Å². The number of rotatable bonds is 69. The van der Waals surface area contributed by atoms with Crippen molar-refractivity contribution in [2.24, 2.45) is 0 Å². The molecule has 128 heavy (non-hydrogen) atoms. The molecule has 0 bridgehead atoms. The average Bonchev–Trinajstić information content (AvgIpc) is 0.900. The van der Waals surface area contributed by atoms with Crippen LogP contribution in [0.1, 0.15) is 308 Å². The number of carboxylic acids is 5. The van der Waals surface area contributed by atoms with Gasteiger partial charge < -0.3 is 68.3 Å². The highest BCUT2D eigenvalue weighted by Gasteiger charge is 2.20. The molecular formula is C84H153O36P5S3. The number of Topliss-reactive ketones (excluding diaryl/α,β-unsaturated/α-hetero) is 3. The van der Waals surface area contributed by atoms with Crippen LogP contribution in [0.3, 0.4) is 0 Å². The van der Waals surface area contributed by atoms with Crippen molar-refractivity contribution in [2.45, 2.75) is 339 Å². The van der Waals surface area contributed by atoms with E-state index in [0.717, 1.165) is 177 Å². The molecule has 748 valence electrons. The molecule has 0 aliphatic rings. The van der Waals surface area contributed by atoms with Crippen LogP contribution in [0.5, 0.6) is 0 Å². The van der Waals surface area contributed by atoms with Crippen LogP contribution in [-0.4, -0.2) is 290 Å². The number of carbonyl (C=O) groups excluding carboxylic acids is 10. The molecule has 0 spiro atoms. The third-order valence-electron chi connectivity index (χ3n) is 16.8. The van der Waals surface area contributed by atoms with Crippen LogP contribution in [0.2, 0.25) is 0 Å². The quantitative estimate of drug-likeness (QED) is 0.0163. The number of aliphatic carboxylic acids is 5. The van der Waals surface area contributed by atoms with Gasteiger partial charge in [0.1, 0.15) is 17.3 Å². The number of carboxylic acid groups (broad SMARTS) is 5. The number of ether oxygens (including phenoxy) is 7. The van der Waals surface area contributed by atoms with Crippen molar-refractivity contribution in [2.75, 3.05) is 107 Å². The molecule has 5 N–H and O–H groups in total. The molecule has 5 atom stereocenters. The second-order valence-corrected chi connectivity index (χ2v) is 45.2. The minimum absolute atomic E-state index is 0.0554. The van der Waals surface area contributed by atoms with Gasteiger partial charge in [0.25, 0.3) is 0 Å². The Balaban J connectivity index is -0.000000227. The summed E-state index contributed by atoms with van der Waals surface area (Å²) in [6.45, 7) is 23.4. The highest BCUT2D eigenvalue weighted by atomic mass is 32.2. The molecular weight excluding hydrogens is 1840 g/mol. The summed E-state index contributed by atoms with van der Waals surface area (Å²) in [6, 6.07) is 0. The van der Waals surface area contributed by atoms with Crippen molar-refractivity contribution in [3.63, 3.8) is 0 Å². The largest absolute Gasteiger partial charge is 0.481 e. The van der Waals surface area contributed by atoms with Crippen LogP contribution in [-0.2, 0) is 137 Å². The van der Waals surface area contributed by atoms with Crippen molar-refractivity contribution in [3.05, 3.63) is 0 Å². The molecule has 44 heteroatoms. The molecule has 36 nitrogen and oxygen atoms in total. The number of hydrogen-bond donors (Lipinski definition) is 5. The fraction of sp³-hybridized carbons (Fsp3) is 0.821. The third kappa shape index (κ3) is 133. The molecule has 0 aliphatic carbocycles. The van der Waals surface area contributed by atoms with Gasteiger partial charge in [0.2, 0.25) is 0 Å². The Kier molecular flexibility index (Phi) is 104. The van der Waals surface area contributed by atoms with Crippen LogP contribution >= 0.6 is 39.6 Å². The number of methoxy groups -OCH3 is 2. The number of ketones is 3. The number of carbonyl (C=O) groups is 15. The van der Waals surface area contributed by atoms with Gasteiger partial charge in [0.05, 0.1) is 44.7 Å². The van der Waals surface area contributed by atoms with E-state index in [1.54, 1.807) is 27.7 Å². The third-order valence-corrected chi connectivity index (χ3v) is 30.7. The maximum Gasteiger partial charge on any atom is 0.425 e. The lowest BCUT2D eigenvalue weighted by Crippen LogP contribution is -2.13. The molecule has 0 aromatic carbocycles. The van der Waals surface area contributed by atoms with Gasteiger partial charge in [-0.15, -0.1) is 77.5 Å². The molecule has 0 heterocycles. The summed E-state index contributed by atoms with van der Waals surface area (Å²) >= 11 is 0. The minimum atomic E-state index is -3.11. The molecule has 0 saturated heterocycles. The van der Waals surface area contributed by atoms with E-state index in [2.05, 4.69) is 9.47 Å². The van der Waals surface area contributed by atoms with Gasteiger partial charge in [0, 0.05) is 103 Å². The van der Waals surface area contributed by atoms with Gasteiger partial charge in [-0.25, -0.2) is 0 Å². The van der Waals surface area contributed by atoms with E-state index in [9.17, 15) is 71.9 Å². The number of esters is 7. The van der Waals surface area contributed by atoms with E-state index in [1.165, 1.54) is 14.2 Å². The summed E-state index contributed by atoms with van der Waals surface area (Å²) in [4.78, 5) is 166. The number of unbranched alkanes of at least 4 members (excludes halogenated alkanes) is 6. The van der Waals surface area contributed by atoms with Crippen molar-refractivity contribution >= 4 is 160 Å². The van der Waals surface area contributed by atoms with E-state index >= 15 is 0 Å². The Labute approximate surface area is 770 Å². The van der Waals surface area contributed by atoms with Gasteiger partial charge in [-0.2, -0.15) is 0 Å². The summed E-state index contributed by atoms with van der Waals surface area (Å²) < 4.78 is 111. The predicted molar refractivity (Wildman–Crippen MR) is 494 cm³/mol. The Morgan fingerprint density at radius 3 is 0.625 bits per heavy atom. The zero-order valence-corrected chi connectivity index (χ0v) is 85.3. The van der Waals surface area contributed by atoms with Gasteiger partial charge in [-0.1, -0.05) is 6.92 Å². The van der Waals surface area contributed by atoms with Crippen molar-refractivity contribution < 1.29 is 168 Å². The summed E-state index contributed by atoms with van der Waals surface area (Å²) in [5.74, 6) is -4.45. The Morgan fingerprint density at radius 2 is 0.391 bits per heavy atom. The molecule has 0 rings (SSSR count). The predicted octanol–water partition coefficient (Wildman–Crippen LogP) is 14.9. The first-order chi connectivity index (χ1) is 59.8. The first-order valence-corrected chi connectivity index (χ1v) is 56.0. The smallest absolute Gasteiger partial charge is 0.425 e. The van der Waals surface area contributed by atoms with Gasteiger partial charge >= 0.3 is 103 Å². The minimum Gasteiger partial charge on any atom is -0.481 e. The molecule has 0 amide bonds. The lowest BCUT2D eigenvalue weighted by Gasteiger charge is -2.17. The maximum absolute atomic E-state index is 11.6. The first kappa shape index (κ1) is 137. The van der Waals surface area contributed by atoms with E-state index < -0.39 is 69.6 Å². The summed E-state index contributed by atoms with van der Waals surface area (Å²) in [6.07, 6.45) is 35.1. The normalized spacial score (nSPS) is 11.5.